The van der Waals surface area contributed by atoms with Crippen molar-refractivity contribution >= 4 is 11.5 Å². The summed E-state index contributed by atoms with van der Waals surface area (Å²) in [6.07, 6.45) is 0. The molecule has 100 valence electrons. The average molecular weight is 255 g/mol. The van der Waals surface area contributed by atoms with Gasteiger partial charge in [0.1, 0.15) is 5.82 Å². The minimum Gasteiger partial charge on any atom is -0.327 e. The molecule has 19 heavy (non-hydrogen) atoms. The van der Waals surface area contributed by atoms with E-state index in [4.69, 9.17) is 4.98 Å². The van der Waals surface area contributed by atoms with Crippen molar-refractivity contribution in [3.05, 3.63) is 53.7 Å². The van der Waals surface area contributed by atoms with Crippen molar-refractivity contribution < 1.29 is 0 Å². The molecule has 0 fully saturated rings. The standard InChI is InChI=1S/C16H21N3/c1-4-19(15-9-5-7-13(2)11-15)16-10-6-8-14(18-16)12-17-3/h5-11,17H,4,12H2,1-3H3. The monoisotopic (exact) mass is 255 g/mol. The lowest BCUT2D eigenvalue weighted by Crippen LogP contribution is -2.18. The van der Waals surface area contributed by atoms with Gasteiger partial charge in [-0.15, -0.1) is 0 Å². The molecule has 0 unspecified atom stereocenters. The fraction of sp³-hybridized carbons (Fsp3) is 0.312. The predicted molar refractivity (Wildman–Crippen MR) is 80.9 cm³/mol. The molecule has 0 radical (unpaired) electrons. The molecule has 0 saturated heterocycles. The Bertz CT molecular complexity index is 537. The van der Waals surface area contributed by atoms with Crippen molar-refractivity contribution in [2.45, 2.75) is 20.4 Å². The Labute approximate surface area is 115 Å². The Balaban J connectivity index is 2.33. The third kappa shape index (κ3) is 3.32. The van der Waals surface area contributed by atoms with Crippen LogP contribution in [-0.2, 0) is 6.54 Å². The summed E-state index contributed by atoms with van der Waals surface area (Å²) in [5, 5.41) is 3.14. The van der Waals surface area contributed by atoms with Crippen molar-refractivity contribution in [2.75, 3.05) is 18.5 Å². The second-order valence-corrected chi connectivity index (χ2v) is 4.60. The molecule has 1 aromatic carbocycles. The Hall–Kier alpha value is -1.87. The van der Waals surface area contributed by atoms with Crippen LogP contribution >= 0.6 is 0 Å². The summed E-state index contributed by atoms with van der Waals surface area (Å²) in [4.78, 5) is 6.93. The zero-order chi connectivity index (χ0) is 13.7. The third-order valence-corrected chi connectivity index (χ3v) is 3.06. The molecule has 0 aliphatic carbocycles. The largest absolute Gasteiger partial charge is 0.327 e. The van der Waals surface area contributed by atoms with Crippen LogP contribution in [0, 0.1) is 6.92 Å². The summed E-state index contributed by atoms with van der Waals surface area (Å²) in [7, 11) is 1.94. The molecule has 0 spiro atoms. The van der Waals surface area contributed by atoms with Gasteiger partial charge in [0, 0.05) is 18.8 Å². The summed E-state index contributed by atoms with van der Waals surface area (Å²) in [6.45, 7) is 5.95. The summed E-state index contributed by atoms with van der Waals surface area (Å²) < 4.78 is 0. The molecule has 0 bridgehead atoms. The fourth-order valence-electron chi connectivity index (χ4n) is 2.17. The molecule has 0 saturated carbocycles. The molecule has 1 aromatic heterocycles. The molecule has 2 rings (SSSR count). The van der Waals surface area contributed by atoms with E-state index in [0.29, 0.717) is 0 Å². The van der Waals surface area contributed by atoms with Crippen LogP contribution in [-0.4, -0.2) is 18.6 Å². The topological polar surface area (TPSA) is 28.2 Å². The van der Waals surface area contributed by atoms with Gasteiger partial charge in [0.2, 0.25) is 0 Å². The van der Waals surface area contributed by atoms with Gasteiger partial charge in [-0.05, 0) is 50.7 Å². The van der Waals surface area contributed by atoms with E-state index in [1.54, 1.807) is 0 Å². The smallest absolute Gasteiger partial charge is 0.133 e. The van der Waals surface area contributed by atoms with Crippen molar-refractivity contribution in [3.63, 3.8) is 0 Å². The Morgan fingerprint density at radius 3 is 2.63 bits per heavy atom. The number of pyridine rings is 1. The van der Waals surface area contributed by atoms with E-state index in [1.807, 2.05) is 13.1 Å². The van der Waals surface area contributed by atoms with Gasteiger partial charge in [-0.1, -0.05) is 18.2 Å². The van der Waals surface area contributed by atoms with Crippen LogP contribution in [0.4, 0.5) is 11.5 Å². The molecular formula is C16H21N3. The van der Waals surface area contributed by atoms with Gasteiger partial charge >= 0.3 is 0 Å². The van der Waals surface area contributed by atoms with Gasteiger partial charge in [0.05, 0.1) is 5.69 Å². The van der Waals surface area contributed by atoms with Crippen LogP contribution in [0.3, 0.4) is 0 Å². The number of benzene rings is 1. The number of aryl methyl sites for hydroxylation is 1. The van der Waals surface area contributed by atoms with E-state index < -0.39 is 0 Å². The Kier molecular flexibility index (Phi) is 4.53. The zero-order valence-corrected chi connectivity index (χ0v) is 11.9. The highest BCUT2D eigenvalue weighted by Gasteiger charge is 2.09. The molecule has 3 heteroatoms. The number of anilines is 2. The highest BCUT2D eigenvalue weighted by atomic mass is 15.2. The van der Waals surface area contributed by atoms with Crippen molar-refractivity contribution in [1.82, 2.24) is 10.3 Å². The first-order valence-electron chi connectivity index (χ1n) is 6.69. The first-order valence-corrected chi connectivity index (χ1v) is 6.69. The first kappa shape index (κ1) is 13.6. The van der Waals surface area contributed by atoms with Gasteiger partial charge in [0.25, 0.3) is 0 Å². The highest BCUT2D eigenvalue weighted by molar-refractivity contribution is 5.60. The lowest BCUT2D eigenvalue weighted by atomic mass is 10.2. The predicted octanol–water partition coefficient (Wildman–Crippen LogP) is 3.27. The SMILES string of the molecule is CCN(c1cccc(C)c1)c1cccc(CNC)n1. The summed E-state index contributed by atoms with van der Waals surface area (Å²) in [5.74, 6) is 1.00. The van der Waals surface area contributed by atoms with Crippen LogP contribution in [0.5, 0.6) is 0 Å². The van der Waals surface area contributed by atoms with E-state index in [2.05, 4.69) is 60.5 Å². The second-order valence-electron chi connectivity index (χ2n) is 4.60. The van der Waals surface area contributed by atoms with Crippen molar-refractivity contribution in [2.24, 2.45) is 0 Å². The van der Waals surface area contributed by atoms with Crippen LogP contribution in [0.25, 0.3) is 0 Å². The molecular weight excluding hydrogens is 234 g/mol. The van der Waals surface area contributed by atoms with Gasteiger partial charge in [-0.2, -0.15) is 0 Å². The van der Waals surface area contributed by atoms with Crippen molar-refractivity contribution in [1.29, 1.82) is 0 Å². The van der Waals surface area contributed by atoms with Crippen LogP contribution in [0.2, 0.25) is 0 Å². The third-order valence-electron chi connectivity index (χ3n) is 3.06. The molecule has 1 N–H and O–H groups in total. The molecule has 0 atom stereocenters. The van der Waals surface area contributed by atoms with Crippen LogP contribution in [0.15, 0.2) is 42.5 Å². The van der Waals surface area contributed by atoms with E-state index in [0.717, 1.165) is 24.6 Å². The molecule has 0 aliphatic rings. The number of nitrogens with one attached hydrogen (secondary N) is 1. The Morgan fingerprint density at radius 1 is 1.16 bits per heavy atom. The molecule has 1 heterocycles. The quantitative estimate of drug-likeness (QED) is 0.888. The minimum atomic E-state index is 0.791. The first-order chi connectivity index (χ1) is 9.24. The summed E-state index contributed by atoms with van der Waals surface area (Å²) in [5.41, 5.74) is 3.52. The van der Waals surface area contributed by atoms with E-state index in [9.17, 15) is 0 Å². The van der Waals surface area contributed by atoms with Crippen molar-refractivity contribution in [3.8, 4) is 0 Å². The molecule has 0 aliphatic heterocycles. The number of nitrogens with zero attached hydrogens (tertiary/aromatic N) is 2. The summed E-state index contributed by atoms with van der Waals surface area (Å²) >= 11 is 0. The lowest BCUT2D eigenvalue weighted by molar-refractivity contribution is 0.788. The van der Waals surface area contributed by atoms with Gasteiger partial charge in [0.15, 0.2) is 0 Å². The number of rotatable bonds is 5. The van der Waals surface area contributed by atoms with E-state index >= 15 is 0 Å². The molecule has 3 nitrogen and oxygen atoms in total. The minimum absolute atomic E-state index is 0.791. The maximum absolute atomic E-state index is 4.70. The van der Waals surface area contributed by atoms with E-state index in [1.165, 1.54) is 11.3 Å². The molecule has 2 aromatic rings. The normalized spacial score (nSPS) is 10.5. The molecule has 0 amide bonds. The summed E-state index contributed by atoms with van der Waals surface area (Å²) in [6, 6.07) is 14.7. The Morgan fingerprint density at radius 2 is 1.95 bits per heavy atom. The lowest BCUT2D eigenvalue weighted by Gasteiger charge is -2.23. The van der Waals surface area contributed by atoms with Crippen LogP contribution in [0.1, 0.15) is 18.2 Å². The number of aromatic nitrogens is 1. The number of hydrogen-bond donors (Lipinski definition) is 1. The average Bonchev–Trinajstić information content (AvgIpc) is 2.41. The van der Waals surface area contributed by atoms with E-state index in [-0.39, 0.29) is 0 Å². The van der Waals surface area contributed by atoms with Gasteiger partial charge in [-0.3, -0.25) is 0 Å². The number of hydrogen-bond acceptors (Lipinski definition) is 3. The second kappa shape index (κ2) is 6.34. The maximum atomic E-state index is 4.70. The zero-order valence-electron chi connectivity index (χ0n) is 11.9. The highest BCUT2D eigenvalue weighted by Crippen LogP contribution is 2.24. The maximum Gasteiger partial charge on any atom is 0.133 e. The van der Waals surface area contributed by atoms with Crippen LogP contribution < -0.4 is 10.2 Å². The fourth-order valence-corrected chi connectivity index (χ4v) is 2.17. The van der Waals surface area contributed by atoms with Gasteiger partial charge < -0.3 is 10.2 Å². The van der Waals surface area contributed by atoms with Gasteiger partial charge in [-0.25, -0.2) is 4.98 Å².